The number of likely N-dealkylation sites (tertiary alicyclic amines) is 1. The SMILES string of the molecule is CC1(CN)CCN(C(=O)Cn2ccccc2=O)C1.Cl. The fourth-order valence-corrected chi connectivity index (χ4v) is 2.24. The van der Waals surface area contributed by atoms with Gasteiger partial charge >= 0.3 is 0 Å². The van der Waals surface area contributed by atoms with Gasteiger partial charge in [-0.25, -0.2) is 0 Å². The molecule has 1 aromatic heterocycles. The second-order valence-corrected chi connectivity index (χ2v) is 5.25. The summed E-state index contributed by atoms with van der Waals surface area (Å²) in [4.78, 5) is 25.4. The van der Waals surface area contributed by atoms with Crippen LogP contribution >= 0.6 is 12.4 Å². The molecule has 2 heterocycles. The third-order valence-electron chi connectivity index (χ3n) is 3.61. The lowest BCUT2D eigenvalue weighted by molar-refractivity contribution is -0.131. The van der Waals surface area contributed by atoms with Crippen LogP contribution in [-0.2, 0) is 11.3 Å². The monoisotopic (exact) mass is 285 g/mol. The van der Waals surface area contributed by atoms with Gasteiger partial charge in [-0.1, -0.05) is 13.0 Å². The molecule has 1 aliphatic rings. The highest BCUT2D eigenvalue weighted by Gasteiger charge is 2.34. The number of hydrogen-bond donors (Lipinski definition) is 1. The van der Waals surface area contributed by atoms with Crippen LogP contribution in [0.1, 0.15) is 13.3 Å². The summed E-state index contributed by atoms with van der Waals surface area (Å²) in [6.45, 7) is 4.20. The lowest BCUT2D eigenvalue weighted by Crippen LogP contribution is -2.37. The highest BCUT2D eigenvalue weighted by Crippen LogP contribution is 2.28. The van der Waals surface area contributed by atoms with Gasteiger partial charge in [0.1, 0.15) is 6.54 Å². The molecule has 1 saturated heterocycles. The van der Waals surface area contributed by atoms with Crippen LogP contribution in [0.2, 0.25) is 0 Å². The maximum absolute atomic E-state index is 12.1. The fraction of sp³-hybridized carbons (Fsp3) is 0.538. The zero-order valence-electron chi connectivity index (χ0n) is 11.0. The van der Waals surface area contributed by atoms with Crippen molar-refractivity contribution in [3.05, 3.63) is 34.7 Å². The first-order valence-electron chi connectivity index (χ1n) is 6.17. The molecule has 5 nitrogen and oxygen atoms in total. The first kappa shape index (κ1) is 15.7. The van der Waals surface area contributed by atoms with E-state index in [0.29, 0.717) is 13.1 Å². The molecule has 1 aliphatic heterocycles. The quantitative estimate of drug-likeness (QED) is 0.878. The van der Waals surface area contributed by atoms with Crippen molar-refractivity contribution < 1.29 is 4.79 Å². The van der Waals surface area contributed by atoms with Crippen LogP contribution in [0.5, 0.6) is 0 Å². The number of carbonyl (C=O) groups is 1. The Kier molecular flexibility index (Phi) is 5.14. The Morgan fingerprint density at radius 3 is 2.79 bits per heavy atom. The third-order valence-corrected chi connectivity index (χ3v) is 3.61. The van der Waals surface area contributed by atoms with Gasteiger partial charge in [0.05, 0.1) is 0 Å². The van der Waals surface area contributed by atoms with Gasteiger partial charge in [-0.3, -0.25) is 9.59 Å². The molecule has 2 rings (SSSR count). The van der Waals surface area contributed by atoms with Gasteiger partial charge < -0.3 is 15.2 Å². The summed E-state index contributed by atoms with van der Waals surface area (Å²) in [5, 5.41) is 0. The van der Waals surface area contributed by atoms with Crippen LogP contribution in [0.25, 0.3) is 0 Å². The smallest absolute Gasteiger partial charge is 0.250 e. The topological polar surface area (TPSA) is 68.3 Å². The first-order valence-corrected chi connectivity index (χ1v) is 6.17. The molecule has 106 valence electrons. The van der Waals surface area contributed by atoms with E-state index in [2.05, 4.69) is 6.92 Å². The van der Waals surface area contributed by atoms with Crippen molar-refractivity contribution in [3.8, 4) is 0 Å². The molecule has 0 radical (unpaired) electrons. The van der Waals surface area contributed by atoms with Gasteiger partial charge in [-0.15, -0.1) is 12.4 Å². The van der Waals surface area contributed by atoms with E-state index in [0.717, 1.165) is 13.0 Å². The maximum atomic E-state index is 12.1. The van der Waals surface area contributed by atoms with Crippen molar-refractivity contribution in [1.82, 2.24) is 9.47 Å². The second kappa shape index (κ2) is 6.21. The summed E-state index contributed by atoms with van der Waals surface area (Å²) < 4.78 is 1.43. The standard InChI is InChI=1S/C13H19N3O2.ClH/c1-13(9-14)5-7-16(10-13)12(18)8-15-6-3-2-4-11(15)17;/h2-4,6H,5,7-10,14H2,1H3;1H. The van der Waals surface area contributed by atoms with E-state index in [1.807, 2.05) is 0 Å². The zero-order chi connectivity index (χ0) is 13.2. The lowest BCUT2D eigenvalue weighted by atomic mass is 9.90. The van der Waals surface area contributed by atoms with Crippen LogP contribution in [0.3, 0.4) is 0 Å². The van der Waals surface area contributed by atoms with Crippen molar-refractivity contribution in [2.75, 3.05) is 19.6 Å². The van der Waals surface area contributed by atoms with Gasteiger partial charge in [0.15, 0.2) is 0 Å². The largest absolute Gasteiger partial charge is 0.341 e. The Balaban J connectivity index is 0.00000180. The van der Waals surface area contributed by atoms with Crippen molar-refractivity contribution >= 4 is 18.3 Å². The second-order valence-electron chi connectivity index (χ2n) is 5.25. The number of pyridine rings is 1. The highest BCUT2D eigenvalue weighted by atomic mass is 35.5. The Morgan fingerprint density at radius 1 is 1.47 bits per heavy atom. The fourth-order valence-electron chi connectivity index (χ4n) is 2.24. The number of hydrogen-bond acceptors (Lipinski definition) is 3. The molecule has 0 spiro atoms. The Hall–Kier alpha value is -1.33. The molecule has 0 aromatic carbocycles. The number of nitrogens with zero attached hydrogens (tertiary/aromatic N) is 2. The van der Waals surface area contributed by atoms with Crippen molar-refractivity contribution in [3.63, 3.8) is 0 Å². The van der Waals surface area contributed by atoms with E-state index in [4.69, 9.17) is 5.73 Å². The summed E-state index contributed by atoms with van der Waals surface area (Å²) in [5.74, 6) is -0.0134. The van der Waals surface area contributed by atoms with Crippen LogP contribution in [0, 0.1) is 5.41 Å². The third kappa shape index (κ3) is 3.58. The summed E-state index contributed by atoms with van der Waals surface area (Å²) in [5.41, 5.74) is 5.59. The van der Waals surface area contributed by atoms with Gasteiger partial charge in [-0.05, 0) is 24.4 Å². The number of carbonyl (C=O) groups excluding carboxylic acids is 1. The Morgan fingerprint density at radius 2 is 2.21 bits per heavy atom. The molecule has 1 aromatic rings. The molecule has 1 atom stereocenters. The number of aromatic nitrogens is 1. The molecule has 0 aliphatic carbocycles. The van der Waals surface area contributed by atoms with E-state index in [-0.39, 0.29) is 35.8 Å². The normalized spacial score (nSPS) is 22.1. The van der Waals surface area contributed by atoms with E-state index in [1.165, 1.54) is 10.6 Å². The summed E-state index contributed by atoms with van der Waals surface area (Å²) in [6, 6.07) is 4.88. The average molecular weight is 286 g/mol. The van der Waals surface area contributed by atoms with Crippen LogP contribution < -0.4 is 11.3 Å². The lowest BCUT2D eigenvalue weighted by Gasteiger charge is -2.22. The van der Waals surface area contributed by atoms with Crippen molar-refractivity contribution in [1.29, 1.82) is 0 Å². The molecular formula is C13H20ClN3O2. The molecular weight excluding hydrogens is 266 g/mol. The van der Waals surface area contributed by atoms with Crippen LogP contribution in [0.4, 0.5) is 0 Å². The minimum absolute atomic E-state index is 0. The Labute approximate surface area is 118 Å². The number of halogens is 1. The zero-order valence-corrected chi connectivity index (χ0v) is 11.9. The predicted molar refractivity (Wildman–Crippen MR) is 76.3 cm³/mol. The summed E-state index contributed by atoms with van der Waals surface area (Å²) in [7, 11) is 0. The molecule has 0 saturated carbocycles. The van der Waals surface area contributed by atoms with E-state index < -0.39 is 0 Å². The minimum Gasteiger partial charge on any atom is -0.341 e. The Bertz CT molecular complexity index is 503. The molecule has 6 heteroatoms. The minimum atomic E-state index is -0.147. The maximum Gasteiger partial charge on any atom is 0.250 e. The molecule has 1 amide bonds. The van der Waals surface area contributed by atoms with Crippen LogP contribution in [-0.4, -0.2) is 35.0 Å². The summed E-state index contributed by atoms with van der Waals surface area (Å²) >= 11 is 0. The van der Waals surface area contributed by atoms with Gasteiger partial charge in [0.2, 0.25) is 5.91 Å². The first-order chi connectivity index (χ1) is 8.54. The van der Waals surface area contributed by atoms with Crippen LogP contribution in [0.15, 0.2) is 29.2 Å². The number of amides is 1. The molecule has 2 N–H and O–H groups in total. The molecule has 1 unspecified atom stereocenters. The van der Waals surface area contributed by atoms with E-state index in [9.17, 15) is 9.59 Å². The number of nitrogens with two attached hydrogens (primary N) is 1. The van der Waals surface area contributed by atoms with Gasteiger partial charge in [0, 0.05) is 25.4 Å². The van der Waals surface area contributed by atoms with E-state index >= 15 is 0 Å². The van der Waals surface area contributed by atoms with Gasteiger partial charge in [-0.2, -0.15) is 0 Å². The van der Waals surface area contributed by atoms with Gasteiger partial charge in [0.25, 0.3) is 5.56 Å². The summed E-state index contributed by atoms with van der Waals surface area (Å²) in [6.07, 6.45) is 2.57. The average Bonchev–Trinajstić information content (AvgIpc) is 2.76. The predicted octanol–water partition coefficient (Wildman–Crippen LogP) is 0.467. The molecule has 19 heavy (non-hydrogen) atoms. The molecule has 0 bridgehead atoms. The molecule has 1 fully saturated rings. The number of rotatable bonds is 3. The van der Waals surface area contributed by atoms with E-state index in [1.54, 1.807) is 23.2 Å². The van der Waals surface area contributed by atoms with Crippen molar-refractivity contribution in [2.24, 2.45) is 11.1 Å². The van der Waals surface area contributed by atoms with Crippen molar-refractivity contribution in [2.45, 2.75) is 19.9 Å². The highest BCUT2D eigenvalue weighted by molar-refractivity contribution is 5.85.